The molecule has 0 aliphatic carbocycles. The third-order valence-corrected chi connectivity index (χ3v) is 6.53. The molecule has 0 aromatic rings. The fourth-order valence-electron chi connectivity index (χ4n) is 1.58. The van der Waals surface area contributed by atoms with Gasteiger partial charge in [0.2, 0.25) is 0 Å². The number of rotatable bonds is 6. The van der Waals surface area contributed by atoms with Gasteiger partial charge in [0.05, 0.1) is 8.07 Å². The molecule has 0 aliphatic heterocycles. The van der Waals surface area contributed by atoms with E-state index in [9.17, 15) is 0 Å². The highest BCUT2D eigenvalue weighted by Crippen LogP contribution is 2.13. The van der Waals surface area contributed by atoms with Crippen LogP contribution in [0, 0.1) is 0 Å². The van der Waals surface area contributed by atoms with E-state index in [1.54, 1.807) is 10.8 Å². The minimum absolute atomic E-state index is 0.776. The molecule has 0 radical (unpaired) electrons. The molecule has 1 nitrogen and oxygen atoms in total. The van der Waals surface area contributed by atoms with Crippen molar-refractivity contribution >= 4 is 18.3 Å². The Balaban J connectivity index is 4.26. The standard InChI is InChI=1S/C12H29NSi2/c1-7-8-12(15(4,5)6)13-9-10(2)11(3)14/h12-13H,7-9H2,1-6,14H3. The van der Waals surface area contributed by atoms with Crippen LogP contribution in [-0.2, 0) is 0 Å². The van der Waals surface area contributed by atoms with Gasteiger partial charge in [0.15, 0.2) is 0 Å². The van der Waals surface area contributed by atoms with Crippen molar-refractivity contribution in [2.24, 2.45) is 0 Å². The van der Waals surface area contributed by atoms with Gasteiger partial charge in [-0.3, -0.25) is 0 Å². The SMILES string of the molecule is CCCC(NCC(C)=C(C)[SiH3])[Si](C)(C)C. The van der Waals surface area contributed by atoms with Gasteiger partial charge in [0, 0.05) is 22.5 Å². The molecule has 15 heavy (non-hydrogen) atoms. The molecule has 0 rings (SSSR count). The van der Waals surface area contributed by atoms with Crippen LogP contribution in [0.3, 0.4) is 0 Å². The van der Waals surface area contributed by atoms with Crippen LogP contribution in [-0.4, -0.2) is 30.5 Å². The summed E-state index contributed by atoms with van der Waals surface area (Å²) in [5, 5.41) is 5.36. The van der Waals surface area contributed by atoms with E-state index in [-0.39, 0.29) is 0 Å². The third-order valence-electron chi connectivity index (χ3n) is 3.09. The monoisotopic (exact) mass is 243 g/mol. The Morgan fingerprint density at radius 3 is 2.13 bits per heavy atom. The number of allylic oxidation sites excluding steroid dienone is 1. The molecule has 0 aromatic carbocycles. The van der Waals surface area contributed by atoms with Crippen molar-refractivity contribution in [1.82, 2.24) is 5.32 Å². The van der Waals surface area contributed by atoms with E-state index in [0.29, 0.717) is 0 Å². The van der Waals surface area contributed by atoms with Crippen molar-refractivity contribution in [3.8, 4) is 0 Å². The summed E-state index contributed by atoms with van der Waals surface area (Å²) >= 11 is 0. The summed E-state index contributed by atoms with van der Waals surface area (Å²) in [5.41, 5.74) is 2.33. The predicted octanol–water partition coefficient (Wildman–Crippen LogP) is 2.28. The molecule has 0 saturated carbocycles. The maximum absolute atomic E-state index is 3.77. The first-order valence-corrected chi connectivity index (χ1v) is 10.7. The topological polar surface area (TPSA) is 12.0 Å². The zero-order chi connectivity index (χ0) is 12.1. The molecule has 0 aromatic heterocycles. The fourth-order valence-corrected chi connectivity index (χ4v) is 3.63. The largest absolute Gasteiger partial charge is 0.313 e. The first-order valence-electron chi connectivity index (χ1n) is 6.15. The molecule has 1 N–H and O–H groups in total. The second kappa shape index (κ2) is 6.66. The van der Waals surface area contributed by atoms with Gasteiger partial charge in [-0.25, -0.2) is 0 Å². The van der Waals surface area contributed by atoms with Crippen molar-refractivity contribution in [2.75, 3.05) is 6.54 Å². The Morgan fingerprint density at radius 2 is 1.80 bits per heavy atom. The minimum atomic E-state index is -1.03. The molecule has 0 aliphatic rings. The highest BCUT2D eigenvalue weighted by molar-refractivity contribution is 6.77. The first kappa shape index (κ1) is 15.1. The summed E-state index contributed by atoms with van der Waals surface area (Å²) in [5.74, 6) is 0. The van der Waals surface area contributed by atoms with E-state index >= 15 is 0 Å². The van der Waals surface area contributed by atoms with Crippen LogP contribution >= 0.6 is 0 Å². The van der Waals surface area contributed by atoms with E-state index in [0.717, 1.165) is 12.2 Å². The maximum atomic E-state index is 3.77. The van der Waals surface area contributed by atoms with Gasteiger partial charge in [-0.05, 0) is 20.3 Å². The molecule has 0 amide bonds. The Hall–Kier alpha value is 0.134. The van der Waals surface area contributed by atoms with Gasteiger partial charge >= 0.3 is 0 Å². The van der Waals surface area contributed by atoms with Crippen LogP contribution in [0.1, 0.15) is 33.6 Å². The van der Waals surface area contributed by atoms with Crippen LogP contribution in [0.25, 0.3) is 0 Å². The maximum Gasteiger partial charge on any atom is 0.0635 e. The summed E-state index contributed by atoms with van der Waals surface area (Å²) in [7, 11) is 0.174. The zero-order valence-electron chi connectivity index (χ0n) is 11.7. The highest BCUT2D eigenvalue weighted by atomic mass is 28.3. The number of nitrogens with one attached hydrogen (secondary N) is 1. The lowest BCUT2D eigenvalue weighted by molar-refractivity contribution is 0.599. The second-order valence-electron chi connectivity index (χ2n) is 5.87. The van der Waals surface area contributed by atoms with Gasteiger partial charge < -0.3 is 5.32 Å². The normalized spacial score (nSPS) is 16.4. The summed E-state index contributed by atoms with van der Waals surface area (Å²) in [6.45, 7) is 15.3. The quantitative estimate of drug-likeness (QED) is 0.706. The van der Waals surface area contributed by atoms with Gasteiger partial charge in [-0.1, -0.05) is 43.8 Å². The Kier molecular flexibility index (Phi) is 6.72. The highest BCUT2D eigenvalue weighted by Gasteiger charge is 2.25. The van der Waals surface area contributed by atoms with E-state index in [1.165, 1.54) is 23.1 Å². The zero-order valence-corrected chi connectivity index (χ0v) is 14.7. The van der Waals surface area contributed by atoms with Crippen molar-refractivity contribution in [3.05, 3.63) is 10.8 Å². The summed E-state index contributed by atoms with van der Waals surface area (Å²) in [6, 6.07) is 0. The van der Waals surface area contributed by atoms with Crippen LogP contribution in [0.5, 0.6) is 0 Å². The van der Waals surface area contributed by atoms with Crippen LogP contribution in [0.15, 0.2) is 10.8 Å². The Morgan fingerprint density at radius 1 is 1.27 bits per heavy atom. The van der Waals surface area contributed by atoms with Crippen molar-refractivity contribution in [2.45, 2.75) is 58.9 Å². The molecule has 90 valence electrons. The van der Waals surface area contributed by atoms with Crippen LogP contribution in [0.4, 0.5) is 0 Å². The van der Waals surface area contributed by atoms with Crippen LogP contribution < -0.4 is 5.32 Å². The van der Waals surface area contributed by atoms with Crippen molar-refractivity contribution < 1.29 is 0 Å². The smallest absolute Gasteiger partial charge is 0.0635 e. The fraction of sp³-hybridized carbons (Fsp3) is 0.833. The van der Waals surface area contributed by atoms with E-state index in [1.807, 2.05) is 0 Å². The average molecular weight is 244 g/mol. The molecule has 0 bridgehead atoms. The van der Waals surface area contributed by atoms with Gasteiger partial charge in [-0.15, -0.1) is 0 Å². The van der Waals surface area contributed by atoms with Gasteiger partial charge in [0.25, 0.3) is 0 Å². The Bertz CT molecular complexity index is 212. The van der Waals surface area contributed by atoms with Gasteiger partial charge in [-0.2, -0.15) is 0 Å². The van der Waals surface area contributed by atoms with E-state index < -0.39 is 8.07 Å². The number of hydrogen-bond donors (Lipinski definition) is 1. The van der Waals surface area contributed by atoms with E-state index in [4.69, 9.17) is 0 Å². The summed E-state index contributed by atoms with van der Waals surface area (Å²) in [4.78, 5) is 0. The first-order chi connectivity index (χ1) is 6.79. The molecular formula is C12H29NSi2. The molecule has 0 heterocycles. The van der Waals surface area contributed by atoms with Gasteiger partial charge in [0.1, 0.15) is 0 Å². The lowest BCUT2D eigenvalue weighted by atomic mass is 10.2. The molecule has 1 atom stereocenters. The average Bonchev–Trinajstić information content (AvgIpc) is 2.09. The second-order valence-corrected chi connectivity index (χ2v) is 12.8. The van der Waals surface area contributed by atoms with E-state index in [2.05, 4.69) is 45.7 Å². The number of hydrogen-bond acceptors (Lipinski definition) is 1. The summed E-state index contributed by atoms with van der Waals surface area (Å²) < 4.78 is 0. The molecule has 1 unspecified atom stereocenters. The summed E-state index contributed by atoms with van der Waals surface area (Å²) in [6.07, 6.45) is 2.63. The molecular weight excluding hydrogens is 214 g/mol. The molecule has 0 fully saturated rings. The van der Waals surface area contributed by atoms with Crippen LogP contribution in [0.2, 0.25) is 19.6 Å². The lowest BCUT2D eigenvalue weighted by Gasteiger charge is -2.30. The van der Waals surface area contributed by atoms with Crippen molar-refractivity contribution in [3.63, 3.8) is 0 Å². The molecule has 0 spiro atoms. The molecule has 3 heteroatoms. The third kappa shape index (κ3) is 6.33. The molecule has 0 saturated heterocycles. The van der Waals surface area contributed by atoms with Crippen molar-refractivity contribution in [1.29, 1.82) is 0 Å². The Labute approximate surface area is 100 Å². The predicted molar refractivity (Wildman–Crippen MR) is 78.4 cm³/mol. The minimum Gasteiger partial charge on any atom is -0.313 e. The lowest BCUT2D eigenvalue weighted by Crippen LogP contribution is -2.49.